The Morgan fingerprint density at radius 2 is 1.68 bits per heavy atom. The molecular formula is C20H21F2N3O3. The summed E-state index contributed by atoms with van der Waals surface area (Å²) in [5.74, 6) is -3.00. The highest BCUT2D eigenvalue weighted by atomic mass is 19.1. The molecule has 2 aromatic rings. The Bertz CT molecular complexity index is 873. The zero-order valence-corrected chi connectivity index (χ0v) is 15.2. The third kappa shape index (κ3) is 6.15. The number of halogens is 2. The van der Waals surface area contributed by atoms with Crippen LogP contribution in [0, 0.1) is 11.6 Å². The van der Waals surface area contributed by atoms with Gasteiger partial charge in [-0.15, -0.1) is 0 Å². The Hall–Kier alpha value is -3.29. The number of rotatable bonds is 8. The summed E-state index contributed by atoms with van der Waals surface area (Å²) in [6.45, 7) is 1.22. The van der Waals surface area contributed by atoms with Crippen molar-refractivity contribution in [3.05, 3.63) is 71.3 Å². The third-order valence-corrected chi connectivity index (χ3v) is 4.06. The minimum atomic E-state index is -1.12. The lowest BCUT2D eigenvalue weighted by molar-refractivity contribution is -0.130. The number of primary amides is 1. The van der Waals surface area contributed by atoms with Gasteiger partial charge in [-0.05, 0) is 29.3 Å². The second-order valence-electron chi connectivity index (χ2n) is 6.35. The van der Waals surface area contributed by atoms with E-state index in [9.17, 15) is 23.2 Å². The molecule has 6 nitrogen and oxygen atoms in total. The largest absolute Gasteiger partial charge is 0.368 e. The molecule has 0 aliphatic heterocycles. The van der Waals surface area contributed by atoms with Crippen LogP contribution >= 0.6 is 0 Å². The van der Waals surface area contributed by atoms with E-state index in [0.29, 0.717) is 5.56 Å². The van der Waals surface area contributed by atoms with Gasteiger partial charge in [-0.3, -0.25) is 14.4 Å². The fourth-order valence-electron chi connectivity index (χ4n) is 2.73. The Morgan fingerprint density at radius 1 is 0.964 bits per heavy atom. The van der Waals surface area contributed by atoms with Gasteiger partial charge < -0.3 is 16.4 Å². The Balaban J connectivity index is 2.15. The van der Waals surface area contributed by atoms with E-state index in [4.69, 9.17) is 5.73 Å². The van der Waals surface area contributed by atoms with Crippen LogP contribution in [-0.4, -0.2) is 29.8 Å². The smallest absolute Gasteiger partial charge is 0.243 e. The molecule has 0 aliphatic rings. The highest BCUT2D eigenvalue weighted by Crippen LogP contribution is 2.11. The summed E-state index contributed by atoms with van der Waals surface area (Å²) in [5.41, 5.74) is 6.05. The van der Waals surface area contributed by atoms with Crippen molar-refractivity contribution < 1.29 is 23.2 Å². The van der Waals surface area contributed by atoms with Gasteiger partial charge in [0.05, 0.1) is 0 Å². The molecule has 0 radical (unpaired) electrons. The highest BCUT2D eigenvalue weighted by molar-refractivity contribution is 5.91. The first kappa shape index (κ1) is 21.0. The van der Waals surface area contributed by atoms with Gasteiger partial charge >= 0.3 is 0 Å². The number of nitrogens with one attached hydrogen (secondary N) is 2. The fraction of sp³-hybridized carbons (Fsp3) is 0.250. The molecule has 0 aromatic heterocycles. The maximum absolute atomic E-state index is 13.9. The first-order valence-electron chi connectivity index (χ1n) is 8.61. The van der Waals surface area contributed by atoms with E-state index in [0.717, 1.165) is 0 Å². The lowest BCUT2D eigenvalue weighted by Crippen LogP contribution is -2.54. The van der Waals surface area contributed by atoms with Crippen LogP contribution in [0.4, 0.5) is 8.78 Å². The van der Waals surface area contributed by atoms with E-state index in [-0.39, 0.29) is 18.4 Å². The first-order valence-corrected chi connectivity index (χ1v) is 8.61. The molecule has 0 aliphatic carbocycles. The SMILES string of the molecule is CC(=O)N[C@@H](Cc1ccccc1F)C(=O)N[C@@H](Cc1cccc(F)c1)C(N)=O. The van der Waals surface area contributed by atoms with Crippen LogP contribution in [0.15, 0.2) is 48.5 Å². The quantitative estimate of drug-likeness (QED) is 0.633. The van der Waals surface area contributed by atoms with E-state index >= 15 is 0 Å². The van der Waals surface area contributed by atoms with Gasteiger partial charge in [-0.25, -0.2) is 8.78 Å². The summed E-state index contributed by atoms with van der Waals surface area (Å²) in [6.07, 6.45) is -0.130. The average Bonchev–Trinajstić information content (AvgIpc) is 2.62. The summed E-state index contributed by atoms with van der Waals surface area (Å²) >= 11 is 0. The van der Waals surface area contributed by atoms with E-state index in [2.05, 4.69) is 10.6 Å². The number of carbonyl (C=O) groups is 3. The van der Waals surface area contributed by atoms with Gasteiger partial charge in [0.25, 0.3) is 0 Å². The number of nitrogens with two attached hydrogens (primary N) is 1. The molecule has 2 aromatic carbocycles. The van der Waals surface area contributed by atoms with E-state index in [1.165, 1.54) is 43.3 Å². The molecule has 0 spiro atoms. The maximum atomic E-state index is 13.9. The zero-order valence-electron chi connectivity index (χ0n) is 15.2. The van der Waals surface area contributed by atoms with Gasteiger partial charge in [0, 0.05) is 19.8 Å². The summed E-state index contributed by atoms with van der Waals surface area (Å²) in [4.78, 5) is 35.8. The molecular weight excluding hydrogens is 368 g/mol. The molecule has 148 valence electrons. The Kier molecular flexibility index (Phi) is 7.20. The van der Waals surface area contributed by atoms with Crippen LogP contribution in [-0.2, 0) is 27.2 Å². The number of amides is 3. The van der Waals surface area contributed by atoms with E-state index < -0.39 is 41.4 Å². The minimum absolute atomic E-state index is 0.0225. The van der Waals surface area contributed by atoms with Crippen LogP contribution in [0.1, 0.15) is 18.1 Å². The molecule has 4 N–H and O–H groups in total. The van der Waals surface area contributed by atoms with Crippen molar-refractivity contribution in [1.29, 1.82) is 0 Å². The van der Waals surface area contributed by atoms with E-state index in [1.54, 1.807) is 12.1 Å². The summed E-state index contributed by atoms with van der Waals surface area (Å²) in [5, 5.41) is 4.90. The number of carbonyl (C=O) groups excluding carboxylic acids is 3. The summed E-state index contributed by atoms with van der Waals surface area (Å²) < 4.78 is 27.3. The second kappa shape index (κ2) is 9.59. The van der Waals surface area contributed by atoms with Gasteiger partial charge in [0.15, 0.2) is 0 Å². The maximum Gasteiger partial charge on any atom is 0.243 e. The van der Waals surface area contributed by atoms with Crippen LogP contribution in [0.25, 0.3) is 0 Å². The molecule has 2 rings (SSSR count). The van der Waals surface area contributed by atoms with Crippen LogP contribution in [0.5, 0.6) is 0 Å². The van der Waals surface area contributed by atoms with Gasteiger partial charge in [0.1, 0.15) is 23.7 Å². The number of hydrogen-bond donors (Lipinski definition) is 3. The molecule has 2 atom stereocenters. The summed E-state index contributed by atoms with van der Waals surface area (Å²) in [7, 11) is 0. The molecule has 0 heterocycles. The molecule has 0 unspecified atom stereocenters. The van der Waals surface area contributed by atoms with Gasteiger partial charge in [-0.2, -0.15) is 0 Å². The molecule has 0 bridgehead atoms. The van der Waals surface area contributed by atoms with Crippen molar-refractivity contribution >= 4 is 17.7 Å². The van der Waals surface area contributed by atoms with Crippen molar-refractivity contribution in [1.82, 2.24) is 10.6 Å². The Morgan fingerprint density at radius 3 is 2.29 bits per heavy atom. The fourth-order valence-corrected chi connectivity index (χ4v) is 2.73. The molecule has 8 heteroatoms. The standard InChI is InChI=1S/C20H21F2N3O3/c1-12(26)24-18(11-14-6-2-3-8-16(14)22)20(28)25-17(19(23)27)10-13-5-4-7-15(21)9-13/h2-9,17-18H,10-11H2,1H3,(H2,23,27)(H,24,26)(H,25,28)/t17-,18-/m0/s1. The highest BCUT2D eigenvalue weighted by Gasteiger charge is 2.26. The van der Waals surface area contributed by atoms with Crippen molar-refractivity contribution in [2.45, 2.75) is 31.8 Å². The average molecular weight is 389 g/mol. The van der Waals surface area contributed by atoms with E-state index in [1.807, 2.05) is 0 Å². The molecule has 28 heavy (non-hydrogen) atoms. The lowest BCUT2D eigenvalue weighted by atomic mass is 10.0. The van der Waals surface area contributed by atoms with Crippen LogP contribution in [0.3, 0.4) is 0 Å². The molecule has 0 saturated heterocycles. The predicted molar refractivity (Wildman–Crippen MR) is 98.9 cm³/mol. The number of benzene rings is 2. The van der Waals surface area contributed by atoms with Crippen molar-refractivity contribution in [3.8, 4) is 0 Å². The second-order valence-corrected chi connectivity index (χ2v) is 6.35. The van der Waals surface area contributed by atoms with Crippen molar-refractivity contribution in [2.75, 3.05) is 0 Å². The minimum Gasteiger partial charge on any atom is -0.368 e. The van der Waals surface area contributed by atoms with Crippen LogP contribution in [0.2, 0.25) is 0 Å². The number of hydrogen-bond acceptors (Lipinski definition) is 3. The zero-order chi connectivity index (χ0) is 20.7. The first-order chi connectivity index (χ1) is 13.3. The lowest BCUT2D eigenvalue weighted by Gasteiger charge is -2.22. The van der Waals surface area contributed by atoms with Crippen molar-refractivity contribution in [2.24, 2.45) is 5.73 Å². The van der Waals surface area contributed by atoms with Crippen LogP contribution < -0.4 is 16.4 Å². The van der Waals surface area contributed by atoms with Gasteiger partial charge in [0.2, 0.25) is 17.7 Å². The van der Waals surface area contributed by atoms with Crippen molar-refractivity contribution in [3.63, 3.8) is 0 Å². The summed E-state index contributed by atoms with van der Waals surface area (Å²) in [6, 6.07) is 9.18. The third-order valence-electron chi connectivity index (χ3n) is 4.06. The normalized spacial score (nSPS) is 12.7. The Labute approximate surface area is 161 Å². The monoisotopic (exact) mass is 389 g/mol. The van der Waals surface area contributed by atoms with Gasteiger partial charge in [-0.1, -0.05) is 30.3 Å². The molecule has 0 fully saturated rings. The molecule has 0 saturated carbocycles. The topological polar surface area (TPSA) is 101 Å². The molecule has 3 amide bonds. The predicted octanol–water partition coefficient (Wildman–Crippen LogP) is 1.22.